The van der Waals surface area contributed by atoms with Gasteiger partial charge in [0.15, 0.2) is 11.5 Å². The highest BCUT2D eigenvalue weighted by molar-refractivity contribution is 6.31. The van der Waals surface area contributed by atoms with E-state index in [0.717, 1.165) is 5.75 Å². The van der Waals surface area contributed by atoms with Gasteiger partial charge in [-0.3, -0.25) is 15.0 Å². The predicted octanol–water partition coefficient (Wildman–Crippen LogP) is 4.64. The maximum absolute atomic E-state index is 12.9. The Morgan fingerprint density at radius 2 is 1.55 bits per heavy atom. The lowest BCUT2D eigenvalue weighted by molar-refractivity contribution is -0.117. The summed E-state index contributed by atoms with van der Waals surface area (Å²) >= 11 is 0. The molecule has 0 aliphatic carbocycles. The highest BCUT2D eigenvalue weighted by Gasteiger charge is 2.34. The van der Waals surface area contributed by atoms with E-state index in [1.54, 1.807) is 48.5 Å². The number of carbonyl (C=O) groups is 2. The first-order chi connectivity index (χ1) is 18.5. The van der Waals surface area contributed by atoms with Crippen molar-refractivity contribution in [1.29, 1.82) is 0 Å². The number of para-hydroxylation sites is 1. The number of carbonyl (C=O) groups excluding carboxylic acids is 2. The van der Waals surface area contributed by atoms with Crippen LogP contribution in [0.2, 0.25) is 0 Å². The van der Waals surface area contributed by atoms with Gasteiger partial charge in [-0.1, -0.05) is 30.3 Å². The van der Waals surface area contributed by atoms with Crippen molar-refractivity contribution in [2.75, 3.05) is 38.0 Å². The van der Waals surface area contributed by atoms with Gasteiger partial charge in [0.1, 0.15) is 24.5 Å². The molecule has 3 aromatic carbocycles. The third-order valence-electron chi connectivity index (χ3n) is 5.94. The lowest BCUT2D eigenvalue weighted by atomic mass is 10.1. The van der Waals surface area contributed by atoms with Crippen LogP contribution in [0.4, 0.5) is 5.69 Å². The zero-order chi connectivity index (χ0) is 26.9. The molecule has 8 heteroatoms. The summed E-state index contributed by atoms with van der Waals surface area (Å²) in [6.07, 6.45) is 1.55. The molecule has 1 fully saturated rings. The van der Waals surface area contributed by atoms with Crippen LogP contribution in [0.1, 0.15) is 23.6 Å². The van der Waals surface area contributed by atoms with E-state index in [2.05, 4.69) is 19.3 Å². The first-order valence-electron chi connectivity index (χ1n) is 12.6. The molecule has 0 unspecified atom stereocenters. The molecule has 0 spiro atoms. The van der Waals surface area contributed by atoms with E-state index in [1.165, 1.54) is 16.1 Å². The molecule has 8 nitrogen and oxygen atoms in total. The minimum atomic E-state index is -0.462. The molecule has 3 aromatic rings. The Kier molecular flexibility index (Phi) is 9.00. The zero-order valence-corrected chi connectivity index (χ0v) is 21.9. The van der Waals surface area contributed by atoms with Crippen molar-refractivity contribution >= 4 is 23.6 Å². The van der Waals surface area contributed by atoms with Gasteiger partial charge in [0, 0.05) is 0 Å². The number of hydrogen-bond donors (Lipinski definition) is 1. The molecule has 0 saturated carbocycles. The van der Waals surface area contributed by atoms with E-state index in [4.69, 9.17) is 18.9 Å². The summed E-state index contributed by atoms with van der Waals surface area (Å²) < 4.78 is 22.9. The van der Waals surface area contributed by atoms with Gasteiger partial charge < -0.3 is 18.9 Å². The summed E-state index contributed by atoms with van der Waals surface area (Å²) in [7, 11) is 0. The Morgan fingerprint density at radius 3 is 2.29 bits per heavy atom. The van der Waals surface area contributed by atoms with Gasteiger partial charge in [0.25, 0.3) is 11.8 Å². The van der Waals surface area contributed by atoms with E-state index >= 15 is 0 Å². The predicted molar refractivity (Wildman–Crippen MR) is 145 cm³/mol. The van der Waals surface area contributed by atoms with Crippen LogP contribution >= 0.6 is 0 Å². The largest absolute Gasteiger partial charge is 0.491 e. The number of anilines is 1. The SMILES string of the molecule is CCOc1cc(/C=C2\C(=O)NN(c3ccccc3)C2=O)ccc1OCCOCCOc1ccc(C)c(C)c1. The van der Waals surface area contributed by atoms with Crippen LogP contribution in [0.3, 0.4) is 0 Å². The molecule has 1 saturated heterocycles. The van der Waals surface area contributed by atoms with Crippen LogP contribution in [0.25, 0.3) is 6.08 Å². The number of ether oxygens (including phenoxy) is 4. The zero-order valence-electron chi connectivity index (χ0n) is 21.9. The maximum atomic E-state index is 12.9. The first kappa shape index (κ1) is 26.8. The highest BCUT2D eigenvalue weighted by atomic mass is 16.6. The van der Waals surface area contributed by atoms with Crippen LogP contribution in [0, 0.1) is 13.8 Å². The fourth-order valence-electron chi connectivity index (χ4n) is 3.82. The number of nitrogens with one attached hydrogen (secondary N) is 1. The summed E-state index contributed by atoms with van der Waals surface area (Å²) in [6.45, 7) is 8.04. The molecule has 198 valence electrons. The Bertz CT molecular complexity index is 1310. The normalized spacial score (nSPS) is 14.1. The summed E-state index contributed by atoms with van der Waals surface area (Å²) in [5.74, 6) is 1.02. The Morgan fingerprint density at radius 1 is 0.789 bits per heavy atom. The lowest BCUT2D eigenvalue weighted by Crippen LogP contribution is -2.35. The Balaban J connectivity index is 1.30. The number of hydrazine groups is 1. The highest BCUT2D eigenvalue weighted by Crippen LogP contribution is 2.30. The maximum Gasteiger partial charge on any atom is 0.282 e. The third kappa shape index (κ3) is 6.72. The molecule has 1 N–H and O–H groups in total. The van der Waals surface area contributed by atoms with Gasteiger partial charge in [-0.25, -0.2) is 5.01 Å². The molecule has 0 bridgehead atoms. The standard InChI is InChI=1S/C30H32N2O6/c1-4-36-28-20-23(19-26-29(33)31-32(30(26)34)24-8-6-5-7-9-24)11-13-27(28)38-17-15-35-14-16-37-25-12-10-21(2)22(3)18-25/h5-13,18-20H,4,14-17H2,1-3H3,(H,31,33)/b26-19+. The molecule has 1 heterocycles. The molecule has 38 heavy (non-hydrogen) atoms. The van der Waals surface area contributed by atoms with Crippen LogP contribution in [0.5, 0.6) is 17.2 Å². The second-order valence-corrected chi connectivity index (χ2v) is 8.67. The summed E-state index contributed by atoms with van der Waals surface area (Å²) in [5.41, 5.74) is 6.30. The number of rotatable bonds is 12. The fraction of sp³-hybridized carbons (Fsp3) is 0.267. The van der Waals surface area contributed by atoms with Gasteiger partial charge >= 0.3 is 0 Å². The van der Waals surface area contributed by atoms with Gasteiger partial charge in [-0.2, -0.15) is 0 Å². The van der Waals surface area contributed by atoms with Gasteiger partial charge in [0.05, 0.1) is 25.5 Å². The molecular formula is C30H32N2O6. The van der Waals surface area contributed by atoms with Crippen molar-refractivity contribution < 1.29 is 28.5 Å². The summed E-state index contributed by atoms with van der Waals surface area (Å²) in [5, 5.41) is 1.24. The molecular weight excluding hydrogens is 484 g/mol. The van der Waals surface area contributed by atoms with Crippen molar-refractivity contribution in [3.8, 4) is 17.2 Å². The number of nitrogens with zero attached hydrogens (tertiary/aromatic N) is 1. The quantitative estimate of drug-likeness (QED) is 0.215. The van der Waals surface area contributed by atoms with E-state index < -0.39 is 11.8 Å². The average molecular weight is 517 g/mol. The topological polar surface area (TPSA) is 86.3 Å². The van der Waals surface area contributed by atoms with Crippen molar-refractivity contribution in [1.82, 2.24) is 5.43 Å². The summed E-state index contributed by atoms with van der Waals surface area (Å²) in [6, 6.07) is 20.2. The fourth-order valence-corrected chi connectivity index (χ4v) is 3.82. The molecule has 1 aliphatic heterocycles. The second kappa shape index (κ2) is 12.8. The van der Waals surface area contributed by atoms with Gasteiger partial charge in [0.2, 0.25) is 0 Å². The van der Waals surface area contributed by atoms with E-state index in [0.29, 0.717) is 55.8 Å². The van der Waals surface area contributed by atoms with Crippen LogP contribution < -0.4 is 24.6 Å². The molecule has 0 atom stereocenters. The molecule has 1 aliphatic rings. The number of benzene rings is 3. The first-order valence-corrected chi connectivity index (χ1v) is 12.6. The van der Waals surface area contributed by atoms with E-state index in [9.17, 15) is 9.59 Å². The minimum Gasteiger partial charge on any atom is -0.491 e. The van der Waals surface area contributed by atoms with E-state index in [1.807, 2.05) is 31.2 Å². The van der Waals surface area contributed by atoms with Crippen LogP contribution in [0.15, 0.2) is 72.3 Å². The molecule has 2 amide bonds. The van der Waals surface area contributed by atoms with Crippen LogP contribution in [-0.4, -0.2) is 44.8 Å². The number of hydrogen-bond acceptors (Lipinski definition) is 6. The Labute approximate surface area is 222 Å². The van der Waals surface area contributed by atoms with Gasteiger partial charge in [-0.15, -0.1) is 0 Å². The number of amides is 2. The molecule has 0 radical (unpaired) electrons. The second-order valence-electron chi connectivity index (χ2n) is 8.67. The van der Waals surface area contributed by atoms with E-state index in [-0.39, 0.29) is 5.57 Å². The monoisotopic (exact) mass is 516 g/mol. The van der Waals surface area contributed by atoms with Crippen molar-refractivity contribution in [2.24, 2.45) is 0 Å². The van der Waals surface area contributed by atoms with Crippen molar-refractivity contribution in [3.05, 3.63) is 89.0 Å². The smallest absolute Gasteiger partial charge is 0.282 e. The van der Waals surface area contributed by atoms with Crippen LogP contribution in [-0.2, 0) is 14.3 Å². The van der Waals surface area contributed by atoms with Gasteiger partial charge in [-0.05, 0) is 79.9 Å². The molecule has 0 aromatic heterocycles. The minimum absolute atomic E-state index is 0.0430. The average Bonchev–Trinajstić information content (AvgIpc) is 3.20. The Hall–Kier alpha value is -4.30. The summed E-state index contributed by atoms with van der Waals surface area (Å²) in [4.78, 5) is 25.3. The van der Waals surface area contributed by atoms with Crippen molar-refractivity contribution in [2.45, 2.75) is 20.8 Å². The third-order valence-corrected chi connectivity index (χ3v) is 5.94. The lowest BCUT2D eigenvalue weighted by Gasteiger charge is -2.14. The number of aryl methyl sites for hydroxylation is 2. The molecule has 4 rings (SSSR count). The van der Waals surface area contributed by atoms with Crippen molar-refractivity contribution in [3.63, 3.8) is 0 Å².